The molecule has 1 fully saturated rings. The van der Waals surface area contributed by atoms with Gasteiger partial charge in [-0.15, -0.1) is 0 Å². The highest BCUT2D eigenvalue weighted by Crippen LogP contribution is 2.21. The molecule has 3 heteroatoms. The lowest BCUT2D eigenvalue weighted by atomic mass is 10.1. The van der Waals surface area contributed by atoms with Crippen LogP contribution < -0.4 is 10.6 Å². The molecular weight excluding hydrogens is 174 g/mol. The maximum Gasteiger partial charge on any atom is 0.101 e. The lowest BCUT2D eigenvalue weighted by Crippen LogP contribution is -2.51. The Morgan fingerprint density at radius 3 is 2.86 bits per heavy atom. The summed E-state index contributed by atoms with van der Waals surface area (Å²) in [6.07, 6.45) is 0. The van der Waals surface area contributed by atoms with Gasteiger partial charge in [-0.05, 0) is 18.6 Å². The highest BCUT2D eigenvalue weighted by atomic mass is 15.1. The molecular formula is C11H13N3. The molecule has 0 spiro atoms. The Morgan fingerprint density at radius 1 is 1.50 bits per heavy atom. The van der Waals surface area contributed by atoms with Gasteiger partial charge in [0.1, 0.15) is 6.07 Å². The van der Waals surface area contributed by atoms with Gasteiger partial charge in [0.25, 0.3) is 0 Å². The number of nitriles is 1. The van der Waals surface area contributed by atoms with Crippen LogP contribution in [-0.2, 0) is 0 Å². The van der Waals surface area contributed by atoms with Crippen LogP contribution >= 0.6 is 0 Å². The molecule has 1 aromatic rings. The standard InChI is InChI=1S/C11H13N3/c1-8-3-2-4-9(5-12)11(8)14-10-6-13-7-10/h2-4,10,13-14H,6-7H2,1H3. The molecule has 0 unspecified atom stereocenters. The summed E-state index contributed by atoms with van der Waals surface area (Å²) < 4.78 is 0. The molecule has 0 atom stereocenters. The average Bonchev–Trinajstić information content (AvgIpc) is 2.12. The van der Waals surface area contributed by atoms with Crippen LogP contribution in [0.3, 0.4) is 0 Å². The number of para-hydroxylation sites is 1. The van der Waals surface area contributed by atoms with E-state index in [2.05, 4.69) is 16.7 Å². The molecule has 1 saturated heterocycles. The normalized spacial score (nSPS) is 15.7. The molecule has 72 valence electrons. The van der Waals surface area contributed by atoms with Gasteiger partial charge in [-0.25, -0.2) is 0 Å². The number of hydrogen-bond donors (Lipinski definition) is 2. The van der Waals surface area contributed by atoms with Gasteiger partial charge in [0.2, 0.25) is 0 Å². The van der Waals surface area contributed by atoms with E-state index in [1.807, 2.05) is 25.1 Å². The molecule has 14 heavy (non-hydrogen) atoms. The van der Waals surface area contributed by atoms with Gasteiger partial charge >= 0.3 is 0 Å². The second-order valence-corrected chi connectivity index (χ2v) is 3.61. The van der Waals surface area contributed by atoms with Gasteiger partial charge in [0.05, 0.1) is 17.3 Å². The second kappa shape index (κ2) is 3.69. The van der Waals surface area contributed by atoms with Crippen molar-refractivity contribution in [2.45, 2.75) is 13.0 Å². The van der Waals surface area contributed by atoms with Crippen molar-refractivity contribution in [3.05, 3.63) is 29.3 Å². The van der Waals surface area contributed by atoms with Crippen molar-refractivity contribution in [2.24, 2.45) is 0 Å². The molecule has 0 aromatic heterocycles. The number of benzene rings is 1. The molecule has 2 rings (SSSR count). The molecule has 0 saturated carbocycles. The molecule has 1 heterocycles. The molecule has 2 N–H and O–H groups in total. The first-order valence-corrected chi connectivity index (χ1v) is 4.78. The van der Waals surface area contributed by atoms with Crippen molar-refractivity contribution in [1.29, 1.82) is 5.26 Å². The minimum absolute atomic E-state index is 0.475. The van der Waals surface area contributed by atoms with Crippen LogP contribution in [0.5, 0.6) is 0 Å². The number of nitrogens with one attached hydrogen (secondary N) is 2. The van der Waals surface area contributed by atoms with Crippen molar-refractivity contribution < 1.29 is 0 Å². The van der Waals surface area contributed by atoms with E-state index in [0.717, 1.165) is 29.9 Å². The first-order chi connectivity index (χ1) is 6.81. The Morgan fingerprint density at radius 2 is 2.29 bits per heavy atom. The van der Waals surface area contributed by atoms with Crippen LogP contribution in [0.15, 0.2) is 18.2 Å². The maximum atomic E-state index is 8.94. The summed E-state index contributed by atoms with van der Waals surface area (Å²) in [7, 11) is 0. The van der Waals surface area contributed by atoms with Crippen molar-refractivity contribution in [1.82, 2.24) is 5.32 Å². The lowest BCUT2D eigenvalue weighted by Gasteiger charge is -2.30. The molecule has 0 bridgehead atoms. The Kier molecular flexibility index (Phi) is 2.38. The highest BCUT2D eigenvalue weighted by Gasteiger charge is 2.18. The average molecular weight is 187 g/mol. The van der Waals surface area contributed by atoms with Gasteiger partial charge in [-0.2, -0.15) is 5.26 Å². The van der Waals surface area contributed by atoms with E-state index in [0.29, 0.717) is 6.04 Å². The largest absolute Gasteiger partial charge is 0.378 e. The molecule has 1 aliphatic rings. The molecule has 0 radical (unpaired) electrons. The Bertz CT molecular complexity index is 375. The van der Waals surface area contributed by atoms with Crippen molar-refractivity contribution in [3.8, 4) is 6.07 Å². The monoisotopic (exact) mass is 187 g/mol. The van der Waals surface area contributed by atoms with E-state index in [-0.39, 0.29) is 0 Å². The van der Waals surface area contributed by atoms with E-state index >= 15 is 0 Å². The van der Waals surface area contributed by atoms with E-state index < -0.39 is 0 Å². The summed E-state index contributed by atoms with van der Waals surface area (Å²) in [5.74, 6) is 0. The Balaban J connectivity index is 2.25. The van der Waals surface area contributed by atoms with Crippen LogP contribution in [0, 0.1) is 18.3 Å². The predicted molar refractivity (Wildman–Crippen MR) is 56.2 cm³/mol. The maximum absolute atomic E-state index is 8.94. The third kappa shape index (κ3) is 1.57. The molecule has 0 aliphatic carbocycles. The van der Waals surface area contributed by atoms with Crippen LogP contribution in [0.25, 0.3) is 0 Å². The third-order valence-electron chi connectivity index (χ3n) is 2.52. The first-order valence-electron chi connectivity index (χ1n) is 4.78. The van der Waals surface area contributed by atoms with Crippen LogP contribution in [0.1, 0.15) is 11.1 Å². The molecule has 3 nitrogen and oxygen atoms in total. The van der Waals surface area contributed by atoms with Crippen LogP contribution in [-0.4, -0.2) is 19.1 Å². The number of aryl methyl sites for hydroxylation is 1. The van der Waals surface area contributed by atoms with E-state index in [1.54, 1.807) is 0 Å². The number of hydrogen-bond acceptors (Lipinski definition) is 3. The summed E-state index contributed by atoms with van der Waals surface area (Å²) in [5, 5.41) is 15.5. The van der Waals surface area contributed by atoms with E-state index in [1.165, 1.54) is 0 Å². The predicted octanol–water partition coefficient (Wildman–Crippen LogP) is 1.25. The zero-order chi connectivity index (χ0) is 9.97. The van der Waals surface area contributed by atoms with E-state index in [9.17, 15) is 0 Å². The van der Waals surface area contributed by atoms with Crippen molar-refractivity contribution in [2.75, 3.05) is 18.4 Å². The summed E-state index contributed by atoms with van der Waals surface area (Å²) in [6.45, 7) is 3.99. The fourth-order valence-electron chi connectivity index (χ4n) is 1.55. The Hall–Kier alpha value is -1.53. The van der Waals surface area contributed by atoms with Gasteiger partial charge in [0, 0.05) is 13.1 Å². The summed E-state index contributed by atoms with van der Waals surface area (Å²) in [6, 6.07) is 8.47. The van der Waals surface area contributed by atoms with Crippen molar-refractivity contribution in [3.63, 3.8) is 0 Å². The fraction of sp³-hybridized carbons (Fsp3) is 0.364. The van der Waals surface area contributed by atoms with Crippen LogP contribution in [0.2, 0.25) is 0 Å². The summed E-state index contributed by atoms with van der Waals surface area (Å²) in [4.78, 5) is 0. The zero-order valence-corrected chi connectivity index (χ0v) is 8.17. The smallest absolute Gasteiger partial charge is 0.101 e. The highest BCUT2D eigenvalue weighted by molar-refractivity contribution is 5.62. The Labute approximate surface area is 83.7 Å². The molecule has 1 aliphatic heterocycles. The number of nitrogens with zero attached hydrogens (tertiary/aromatic N) is 1. The molecule has 1 aromatic carbocycles. The number of rotatable bonds is 2. The van der Waals surface area contributed by atoms with Crippen LogP contribution in [0.4, 0.5) is 5.69 Å². The van der Waals surface area contributed by atoms with Gasteiger partial charge in [0.15, 0.2) is 0 Å². The first kappa shape index (κ1) is 9.04. The zero-order valence-electron chi connectivity index (χ0n) is 8.17. The summed E-state index contributed by atoms with van der Waals surface area (Å²) in [5.41, 5.74) is 2.86. The fourth-order valence-corrected chi connectivity index (χ4v) is 1.55. The minimum atomic E-state index is 0.475. The van der Waals surface area contributed by atoms with Crippen molar-refractivity contribution >= 4 is 5.69 Å². The van der Waals surface area contributed by atoms with E-state index in [4.69, 9.17) is 5.26 Å². The number of anilines is 1. The summed E-state index contributed by atoms with van der Waals surface area (Å²) >= 11 is 0. The van der Waals surface area contributed by atoms with Gasteiger partial charge in [-0.3, -0.25) is 0 Å². The quantitative estimate of drug-likeness (QED) is 0.732. The SMILES string of the molecule is Cc1cccc(C#N)c1NC1CNC1. The molecule has 0 amide bonds. The lowest BCUT2D eigenvalue weighted by molar-refractivity contribution is 0.472. The minimum Gasteiger partial charge on any atom is -0.378 e. The second-order valence-electron chi connectivity index (χ2n) is 3.61. The van der Waals surface area contributed by atoms with Gasteiger partial charge in [-0.1, -0.05) is 12.1 Å². The third-order valence-corrected chi connectivity index (χ3v) is 2.52. The van der Waals surface area contributed by atoms with Gasteiger partial charge < -0.3 is 10.6 Å². The topological polar surface area (TPSA) is 47.9 Å².